The smallest absolute Gasteiger partial charge is 0.334 e. The minimum absolute atomic E-state index is 0.0185. The van der Waals surface area contributed by atoms with Crippen molar-refractivity contribution in [3.63, 3.8) is 0 Å². The quantitative estimate of drug-likeness (QED) is 0.794. The Morgan fingerprint density at radius 3 is 2.72 bits per heavy atom. The minimum Gasteiger partial charge on any atom is -0.462 e. The van der Waals surface area contributed by atoms with Gasteiger partial charge in [0.15, 0.2) is 0 Å². The van der Waals surface area contributed by atoms with E-state index in [-0.39, 0.29) is 35.3 Å². The summed E-state index contributed by atoms with van der Waals surface area (Å²) in [5.74, 6) is -0.285. The lowest BCUT2D eigenvalue weighted by atomic mass is 9.44. The van der Waals surface area contributed by atoms with Crippen LogP contribution in [0.3, 0.4) is 0 Å². The lowest BCUT2D eigenvalue weighted by Gasteiger charge is -2.61. The maximum Gasteiger partial charge on any atom is 0.334 e. The summed E-state index contributed by atoms with van der Waals surface area (Å²) in [5, 5.41) is 11.9. The number of aliphatic hydroxyl groups is 1. The predicted molar refractivity (Wildman–Crippen MR) is 90.4 cm³/mol. The molecule has 4 aliphatic rings. The highest BCUT2D eigenvalue weighted by molar-refractivity contribution is 5.90. The van der Waals surface area contributed by atoms with E-state index < -0.39 is 11.0 Å². The summed E-state index contributed by atoms with van der Waals surface area (Å²) in [6.45, 7) is 6.55. The molecule has 2 aliphatic heterocycles. The number of cyclic esters (lactones) is 1. The van der Waals surface area contributed by atoms with Crippen LogP contribution < -0.4 is 0 Å². The number of rotatable bonds is 3. The van der Waals surface area contributed by atoms with Crippen LogP contribution in [0.1, 0.15) is 59.3 Å². The molecule has 2 heterocycles. The summed E-state index contributed by atoms with van der Waals surface area (Å²) < 4.78 is 10.8. The molecule has 3 fully saturated rings. The maximum absolute atomic E-state index is 12.6. The Hall–Kier alpha value is -1.36. The van der Waals surface area contributed by atoms with Gasteiger partial charge in [-0.15, -0.1) is 0 Å². The van der Waals surface area contributed by atoms with E-state index >= 15 is 0 Å². The van der Waals surface area contributed by atoms with Crippen molar-refractivity contribution >= 4 is 11.9 Å². The summed E-state index contributed by atoms with van der Waals surface area (Å²) in [7, 11) is 0. The molecule has 0 amide bonds. The molecule has 5 nitrogen and oxygen atoms in total. The Balaban J connectivity index is 1.67. The number of hydrogen-bond donors (Lipinski definition) is 1. The predicted octanol–water partition coefficient (Wildman–Crippen LogP) is 2.76. The third-order valence-electron chi connectivity index (χ3n) is 7.83. The summed E-state index contributed by atoms with van der Waals surface area (Å²) in [5.41, 5.74) is -1.11. The van der Waals surface area contributed by atoms with Crippen LogP contribution in [0.15, 0.2) is 11.6 Å². The van der Waals surface area contributed by atoms with Crippen molar-refractivity contribution in [3.05, 3.63) is 11.6 Å². The molecule has 1 N–H and O–H groups in total. The topological polar surface area (TPSA) is 72.8 Å². The van der Waals surface area contributed by atoms with Gasteiger partial charge in [0.25, 0.3) is 0 Å². The van der Waals surface area contributed by atoms with E-state index in [0.29, 0.717) is 31.4 Å². The van der Waals surface area contributed by atoms with Crippen molar-refractivity contribution in [1.29, 1.82) is 0 Å². The zero-order valence-corrected chi connectivity index (χ0v) is 15.3. The Labute approximate surface area is 148 Å². The second-order valence-corrected chi connectivity index (χ2v) is 9.00. The molecular weight excluding hydrogens is 320 g/mol. The van der Waals surface area contributed by atoms with Gasteiger partial charge in [-0.3, -0.25) is 4.79 Å². The van der Waals surface area contributed by atoms with Gasteiger partial charge in [0, 0.05) is 16.9 Å². The first-order chi connectivity index (χ1) is 11.7. The van der Waals surface area contributed by atoms with E-state index in [1.54, 1.807) is 0 Å². The second kappa shape index (κ2) is 5.32. The molecule has 0 radical (unpaired) electrons. The van der Waals surface area contributed by atoms with E-state index in [1.165, 1.54) is 0 Å². The average molecular weight is 348 g/mol. The zero-order chi connectivity index (χ0) is 18.0. The summed E-state index contributed by atoms with van der Waals surface area (Å²) in [6.07, 6.45) is 6.13. The van der Waals surface area contributed by atoms with Crippen LogP contribution in [0.2, 0.25) is 0 Å². The fourth-order valence-electron chi connectivity index (χ4n) is 6.46. The van der Waals surface area contributed by atoms with Crippen LogP contribution in [0.25, 0.3) is 0 Å². The van der Waals surface area contributed by atoms with Gasteiger partial charge in [-0.25, -0.2) is 4.79 Å². The van der Waals surface area contributed by atoms with E-state index in [9.17, 15) is 14.7 Å². The van der Waals surface area contributed by atoms with Crippen molar-refractivity contribution in [1.82, 2.24) is 0 Å². The molecule has 2 saturated carbocycles. The molecule has 0 aromatic heterocycles. The zero-order valence-electron chi connectivity index (χ0n) is 15.3. The van der Waals surface area contributed by atoms with Gasteiger partial charge in [0.1, 0.15) is 12.7 Å². The van der Waals surface area contributed by atoms with Gasteiger partial charge in [-0.2, -0.15) is 0 Å². The fourth-order valence-corrected chi connectivity index (χ4v) is 6.46. The summed E-state index contributed by atoms with van der Waals surface area (Å²) >= 11 is 0. The first kappa shape index (κ1) is 17.1. The Bertz CT molecular complexity index is 654. The Morgan fingerprint density at radius 2 is 2.04 bits per heavy atom. The van der Waals surface area contributed by atoms with Crippen molar-refractivity contribution in [2.75, 3.05) is 6.61 Å². The largest absolute Gasteiger partial charge is 0.462 e. The van der Waals surface area contributed by atoms with Gasteiger partial charge < -0.3 is 14.6 Å². The third kappa shape index (κ3) is 2.11. The molecule has 0 aromatic rings. The van der Waals surface area contributed by atoms with Crippen LogP contribution in [0, 0.1) is 22.7 Å². The number of esters is 2. The molecule has 5 heteroatoms. The Morgan fingerprint density at radius 1 is 1.28 bits per heavy atom. The fraction of sp³-hybridized carbons (Fsp3) is 0.800. The van der Waals surface area contributed by atoms with E-state index in [0.717, 1.165) is 19.3 Å². The molecule has 6 atom stereocenters. The summed E-state index contributed by atoms with van der Waals surface area (Å²) in [4.78, 5) is 24.3. The third-order valence-corrected chi connectivity index (χ3v) is 7.83. The second-order valence-electron chi connectivity index (χ2n) is 9.00. The van der Waals surface area contributed by atoms with Crippen molar-refractivity contribution in [2.45, 2.75) is 71.0 Å². The molecule has 0 bridgehead atoms. The van der Waals surface area contributed by atoms with Crippen molar-refractivity contribution in [2.24, 2.45) is 22.7 Å². The van der Waals surface area contributed by atoms with Gasteiger partial charge in [0.05, 0.1) is 11.0 Å². The van der Waals surface area contributed by atoms with E-state index in [4.69, 9.17) is 9.47 Å². The summed E-state index contributed by atoms with van der Waals surface area (Å²) in [6, 6.07) is 0. The van der Waals surface area contributed by atoms with Crippen LogP contribution in [0.4, 0.5) is 0 Å². The molecule has 0 aromatic carbocycles. The van der Waals surface area contributed by atoms with Gasteiger partial charge >= 0.3 is 11.9 Å². The molecule has 2 aliphatic carbocycles. The molecular formula is C20H28O5. The lowest BCUT2D eigenvalue weighted by Crippen LogP contribution is -2.65. The molecule has 0 spiro atoms. The lowest BCUT2D eigenvalue weighted by molar-refractivity contribution is -0.217. The highest BCUT2D eigenvalue weighted by Gasteiger charge is 2.71. The molecule has 4 rings (SSSR count). The van der Waals surface area contributed by atoms with Crippen LogP contribution in [-0.4, -0.2) is 35.4 Å². The van der Waals surface area contributed by atoms with Crippen LogP contribution in [0.5, 0.6) is 0 Å². The highest BCUT2D eigenvalue weighted by atomic mass is 16.6. The monoisotopic (exact) mass is 348 g/mol. The van der Waals surface area contributed by atoms with Crippen molar-refractivity contribution < 1.29 is 24.2 Å². The first-order valence-corrected chi connectivity index (χ1v) is 9.52. The normalized spacial score (nSPS) is 48.6. The minimum atomic E-state index is -0.909. The molecule has 138 valence electrons. The van der Waals surface area contributed by atoms with Gasteiger partial charge in [0.2, 0.25) is 0 Å². The first-order valence-electron chi connectivity index (χ1n) is 9.52. The highest BCUT2D eigenvalue weighted by Crippen LogP contribution is 2.67. The number of hydrogen-bond acceptors (Lipinski definition) is 5. The molecule has 1 saturated heterocycles. The average Bonchev–Trinajstić information content (AvgIpc) is 3.06. The van der Waals surface area contributed by atoms with Crippen molar-refractivity contribution in [3.8, 4) is 0 Å². The number of carbonyl (C=O) groups excluding carboxylic acids is 2. The standard InChI is InChI=1S/C20H28O5/c1-12-11-14-15-18(2,17(22)25-14)7-4-8-19(15,3)20(12,23)9-5-13-6-10-24-16(13)21/h6,12,14-15,23H,4-5,7-11H2,1-3H3/t12-,14-,15+,18+,19+,20-/m1/s1. The number of carbonyl (C=O) groups is 2. The SMILES string of the molecule is C[C@@H]1C[C@H]2OC(=O)[C@@]3(C)CCC[C@@](C)([C@@H]23)[C@@]1(O)CCC1=CCOC1=O. The van der Waals surface area contributed by atoms with Gasteiger partial charge in [-0.1, -0.05) is 20.3 Å². The van der Waals surface area contributed by atoms with Crippen LogP contribution in [-0.2, 0) is 19.1 Å². The van der Waals surface area contributed by atoms with Gasteiger partial charge in [-0.05, 0) is 51.0 Å². The molecule has 0 unspecified atom stereocenters. The Kier molecular flexibility index (Phi) is 3.63. The molecule has 25 heavy (non-hydrogen) atoms. The number of ether oxygens (including phenoxy) is 2. The van der Waals surface area contributed by atoms with E-state index in [2.05, 4.69) is 13.8 Å². The van der Waals surface area contributed by atoms with E-state index in [1.807, 2.05) is 13.0 Å². The maximum atomic E-state index is 12.6. The van der Waals surface area contributed by atoms with Crippen LogP contribution >= 0.6 is 0 Å².